The summed E-state index contributed by atoms with van der Waals surface area (Å²) in [6, 6.07) is 3.60. The lowest BCUT2D eigenvalue weighted by Gasteiger charge is -2.29. The van der Waals surface area contributed by atoms with E-state index in [-0.39, 0.29) is 18.2 Å². The quantitative estimate of drug-likeness (QED) is 0.752. The zero-order valence-electron chi connectivity index (χ0n) is 10.1. The summed E-state index contributed by atoms with van der Waals surface area (Å²) in [6.45, 7) is 0. The fraction of sp³-hybridized carbons (Fsp3) is 0.500. The standard InChI is InChI=1S/C14H14O4/c1-16-8-4-9-13-11(5-8)17-10(7-2-3-7)6-12(13)18-14(9)15/h4-5,7,10,12H,2-3,6H2,1H3. The van der Waals surface area contributed by atoms with Crippen molar-refractivity contribution in [2.45, 2.75) is 31.5 Å². The van der Waals surface area contributed by atoms with E-state index in [4.69, 9.17) is 14.2 Å². The van der Waals surface area contributed by atoms with Gasteiger partial charge in [0.2, 0.25) is 0 Å². The Morgan fingerprint density at radius 1 is 1.28 bits per heavy atom. The largest absolute Gasteiger partial charge is 0.497 e. The molecule has 2 atom stereocenters. The second-order valence-corrected chi connectivity index (χ2v) is 5.21. The molecule has 2 heterocycles. The van der Waals surface area contributed by atoms with E-state index in [0.717, 1.165) is 17.7 Å². The van der Waals surface area contributed by atoms with Gasteiger partial charge in [0.1, 0.15) is 23.7 Å². The Kier molecular flexibility index (Phi) is 1.93. The molecule has 1 aromatic carbocycles. The highest BCUT2D eigenvalue weighted by molar-refractivity contribution is 5.95. The lowest BCUT2D eigenvalue weighted by atomic mass is 9.94. The van der Waals surface area contributed by atoms with E-state index >= 15 is 0 Å². The summed E-state index contributed by atoms with van der Waals surface area (Å²) >= 11 is 0. The van der Waals surface area contributed by atoms with Gasteiger partial charge in [-0.1, -0.05) is 0 Å². The van der Waals surface area contributed by atoms with Crippen molar-refractivity contribution < 1.29 is 19.0 Å². The maximum atomic E-state index is 11.8. The van der Waals surface area contributed by atoms with Gasteiger partial charge in [-0.25, -0.2) is 4.79 Å². The summed E-state index contributed by atoms with van der Waals surface area (Å²) < 4.78 is 16.7. The first kappa shape index (κ1) is 10.2. The van der Waals surface area contributed by atoms with E-state index in [0.29, 0.717) is 17.2 Å². The summed E-state index contributed by atoms with van der Waals surface area (Å²) in [4.78, 5) is 11.8. The van der Waals surface area contributed by atoms with Gasteiger partial charge in [0.15, 0.2) is 0 Å². The number of benzene rings is 1. The molecule has 0 bridgehead atoms. The summed E-state index contributed by atoms with van der Waals surface area (Å²) in [6.07, 6.45) is 3.30. The monoisotopic (exact) mass is 246 g/mol. The Morgan fingerprint density at radius 3 is 2.83 bits per heavy atom. The smallest absolute Gasteiger partial charge is 0.339 e. The van der Waals surface area contributed by atoms with Crippen molar-refractivity contribution in [3.8, 4) is 11.5 Å². The van der Waals surface area contributed by atoms with Crippen molar-refractivity contribution in [1.82, 2.24) is 0 Å². The van der Waals surface area contributed by atoms with Crippen molar-refractivity contribution in [2.75, 3.05) is 7.11 Å². The number of hydrogen-bond acceptors (Lipinski definition) is 4. The molecule has 18 heavy (non-hydrogen) atoms. The third-order valence-corrected chi connectivity index (χ3v) is 4.01. The van der Waals surface area contributed by atoms with Crippen LogP contribution in [0.5, 0.6) is 11.5 Å². The van der Waals surface area contributed by atoms with Gasteiger partial charge >= 0.3 is 5.97 Å². The number of carbonyl (C=O) groups is 1. The molecular weight excluding hydrogens is 232 g/mol. The molecule has 2 aliphatic heterocycles. The van der Waals surface area contributed by atoms with Gasteiger partial charge in [0, 0.05) is 18.1 Å². The van der Waals surface area contributed by atoms with E-state index in [1.807, 2.05) is 6.07 Å². The van der Waals surface area contributed by atoms with Gasteiger partial charge in [-0.05, 0) is 24.8 Å². The molecule has 2 unspecified atom stereocenters. The van der Waals surface area contributed by atoms with E-state index in [1.54, 1.807) is 13.2 Å². The van der Waals surface area contributed by atoms with Crippen LogP contribution in [-0.2, 0) is 4.74 Å². The maximum Gasteiger partial charge on any atom is 0.339 e. The summed E-state index contributed by atoms with van der Waals surface area (Å²) in [5, 5.41) is 0. The molecule has 0 spiro atoms. The van der Waals surface area contributed by atoms with Crippen LogP contribution in [0.15, 0.2) is 12.1 Å². The van der Waals surface area contributed by atoms with Crippen molar-refractivity contribution in [1.29, 1.82) is 0 Å². The molecule has 1 saturated carbocycles. The van der Waals surface area contributed by atoms with E-state index in [9.17, 15) is 4.79 Å². The summed E-state index contributed by atoms with van der Waals surface area (Å²) in [5.74, 6) is 1.79. The van der Waals surface area contributed by atoms with Crippen molar-refractivity contribution in [3.63, 3.8) is 0 Å². The molecule has 0 N–H and O–H groups in total. The number of ether oxygens (including phenoxy) is 3. The summed E-state index contributed by atoms with van der Waals surface area (Å²) in [5.41, 5.74) is 1.52. The maximum absolute atomic E-state index is 11.8. The van der Waals surface area contributed by atoms with E-state index in [2.05, 4.69) is 0 Å². The molecule has 3 aliphatic rings. The van der Waals surface area contributed by atoms with Crippen LogP contribution in [0.2, 0.25) is 0 Å². The Hall–Kier alpha value is -1.71. The molecule has 1 aliphatic carbocycles. The van der Waals surface area contributed by atoms with E-state index in [1.165, 1.54) is 12.8 Å². The van der Waals surface area contributed by atoms with Gasteiger partial charge in [-0.3, -0.25) is 0 Å². The molecule has 4 nitrogen and oxygen atoms in total. The predicted molar refractivity (Wildman–Crippen MR) is 62.9 cm³/mol. The first-order valence-corrected chi connectivity index (χ1v) is 6.36. The molecule has 0 saturated heterocycles. The van der Waals surface area contributed by atoms with Crippen LogP contribution in [0.25, 0.3) is 0 Å². The normalized spacial score (nSPS) is 28.4. The minimum Gasteiger partial charge on any atom is -0.497 e. The number of carbonyl (C=O) groups excluding carboxylic acids is 1. The number of hydrogen-bond donors (Lipinski definition) is 0. The fourth-order valence-corrected chi connectivity index (χ4v) is 2.91. The zero-order chi connectivity index (χ0) is 12.3. The third-order valence-electron chi connectivity index (χ3n) is 4.01. The third kappa shape index (κ3) is 1.35. The molecule has 0 aromatic heterocycles. The van der Waals surface area contributed by atoms with Crippen LogP contribution in [0, 0.1) is 5.92 Å². The van der Waals surface area contributed by atoms with Crippen LogP contribution >= 0.6 is 0 Å². The Morgan fingerprint density at radius 2 is 2.11 bits per heavy atom. The molecule has 0 amide bonds. The van der Waals surface area contributed by atoms with Crippen LogP contribution in [-0.4, -0.2) is 19.2 Å². The average Bonchev–Trinajstić information content (AvgIpc) is 3.17. The molecule has 0 radical (unpaired) electrons. The van der Waals surface area contributed by atoms with Crippen LogP contribution in [0.4, 0.5) is 0 Å². The molecule has 1 aromatic rings. The average molecular weight is 246 g/mol. The highest BCUT2D eigenvalue weighted by atomic mass is 16.6. The van der Waals surface area contributed by atoms with Gasteiger partial charge in [0.25, 0.3) is 0 Å². The van der Waals surface area contributed by atoms with Gasteiger partial charge in [0.05, 0.1) is 12.7 Å². The van der Waals surface area contributed by atoms with Crippen LogP contribution in [0.3, 0.4) is 0 Å². The summed E-state index contributed by atoms with van der Waals surface area (Å²) in [7, 11) is 1.59. The number of rotatable bonds is 2. The molecule has 1 fully saturated rings. The Balaban J connectivity index is 1.82. The van der Waals surface area contributed by atoms with Crippen molar-refractivity contribution in [2.24, 2.45) is 5.92 Å². The molecule has 94 valence electrons. The predicted octanol–water partition coefficient (Wildman–Crippen LogP) is 2.47. The second kappa shape index (κ2) is 3.40. The topological polar surface area (TPSA) is 44.8 Å². The first-order chi connectivity index (χ1) is 8.76. The van der Waals surface area contributed by atoms with Crippen molar-refractivity contribution >= 4 is 5.97 Å². The Labute approximate surface area is 105 Å². The molecule has 4 rings (SSSR count). The fourth-order valence-electron chi connectivity index (χ4n) is 2.91. The van der Waals surface area contributed by atoms with Gasteiger partial charge in [-0.2, -0.15) is 0 Å². The Bertz CT molecular complexity index is 533. The second-order valence-electron chi connectivity index (χ2n) is 5.21. The van der Waals surface area contributed by atoms with Crippen molar-refractivity contribution in [3.05, 3.63) is 23.3 Å². The number of esters is 1. The number of methoxy groups -OCH3 is 1. The van der Waals surface area contributed by atoms with E-state index < -0.39 is 0 Å². The highest BCUT2D eigenvalue weighted by Crippen LogP contribution is 2.50. The van der Waals surface area contributed by atoms with Crippen LogP contribution in [0.1, 0.15) is 41.3 Å². The molecule has 4 heteroatoms. The molecular formula is C14H14O4. The lowest BCUT2D eigenvalue weighted by molar-refractivity contribution is 0.0158. The SMILES string of the molecule is COc1cc2c3c(c1)C(=O)OC3CC(C1CC1)O2. The zero-order valence-corrected chi connectivity index (χ0v) is 10.1. The first-order valence-electron chi connectivity index (χ1n) is 6.36. The minimum absolute atomic E-state index is 0.118. The van der Waals surface area contributed by atoms with Gasteiger partial charge < -0.3 is 14.2 Å². The van der Waals surface area contributed by atoms with Crippen LogP contribution < -0.4 is 9.47 Å². The highest BCUT2D eigenvalue weighted by Gasteiger charge is 2.45. The van der Waals surface area contributed by atoms with Gasteiger partial charge in [-0.15, -0.1) is 0 Å². The lowest BCUT2D eigenvalue weighted by Crippen LogP contribution is -2.27. The minimum atomic E-state index is -0.254.